The van der Waals surface area contributed by atoms with Crippen molar-refractivity contribution in [1.82, 2.24) is 5.32 Å². The molecule has 114 valence electrons. The predicted octanol–water partition coefficient (Wildman–Crippen LogP) is 1.30. The SMILES string of the molecule is COC(=O)C=C1S/C(=N\N=C/c2ccccc2OC)NC1=O. The molecule has 7 nitrogen and oxygen atoms in total. The summed E-state index contributed by atoms with van der Waals surface area (Å²) in [5.74, 6) is -0.348. The van der Waals surface area contributed by atoms with E-state index in [0.717, 1.165) is 23.4 Å². The number of amides is 1. The van der Waals surface area contributed by atoms with E-state index in [9.17, 15) is 9.59 Å². The third kappa shape index (κ3) is 3.95. The minimum Gasteiger partial charge on any atom is -0.496 e. The number of thioether (sulfide) groups is 1. The lowest BCUT2D eigenvalue weighted by Crippen LogP contribution is -2.19. The van der Waals surface area contributed by atoms with Crippen molar-refractivity contribution in [3.8, 4) is 5.75 Å². The minimum atomic E-state index is -0.601. The van der Waals surface area contributed by atoms with Gasteiger partial charge in [0.15, 0.2) is 5.17 Å². The van der Waals surface area contributed by atoms with Gasteiger partial charge in [-0.2, -0.15) is 5.10 Å². The monoisotopic (exact) mass is 319 g/mol. The Morgan fingerprint density at radius 1 is 1.32 bits per heavy atom. The van der Waals surface area contributed by atoms with E-state index in [1.807, 2.05) is 18.2 Å². The summed E-state index contributed by atoms with van der Waals surface area (Å²) >= 11 is 1.01. The van der Waals surface area contributed by atoms with Crippen LogP contribution in [-0.2, 0) is 14.3 Å². The number of esters is 1. The summed E-state index contributed by atoms with van der Waals surface area (Å²) < 4.78 is 9.65. The molecule has 1 amide bonds. The number of methoxy groups -OCH3 is 2. The van der Waals surface area contributed by atoms with Crippen molar-refractivity contribution in [2.75, 3.05) is 14.2 Å². The molecule has 0 atom stereocenters. The number of amidine groups is 1. The van der Waals surface area contributed by atoms with Crippen LogP contribution in [0.5, 0.6) is 5.75 Å². The number of ether oxygens (including phenoxy) is 2. The molecule has 0 aromatic heterocycles. The molecular formula is C14H13N3O4S. The zero-order valence-corrected chi connectivity index (χ0v) is 12.7. The number of nitrogens with zero attached hydrogens (tertiary/aromatic N) is 2. The molecule has 1 saturated heterocycles. The Morgan fingerprint density at radius 2 is 2.09 bits per heavy atom. The van der Waals surface area contributed by atoms with Gasteiger partial charge >= 0.3 is 5.97 Å². The molecule has 0 radical (unpaired) electrons. The maximum absolute atomic E-state index is 11.6. The van der Waals surface area contributed by atoms with Gasteiger partial charge in [-0.15, -0.1) is 5.10 Å². The Morgan fingerprint density at radius 3 is 2.82 bits per heavy atom. The zero-order valence-electron chi connectivity index (χ0n) is 11.9. The number of benzene rings is 1. The fourth-order valence-electron chi connectivity index (χ4n) is 1.56. The fourth-order valence-corrected chi connectivity index (χ4v) is 2.30. The summed E-state index contributed by atoms with van der Waals surface area (Å²) in [7, 11) is 2.80. The highest BCUT2D eigenvalue weighted by atomic mass is 32.2. The number of hydrogen-bond acceptors (Lipinski definition) is 7. The van der Waals surface area contributed by atoms with E-state index in [1.165, 1.54) is 13.3 Å². The van der Waals surface area contributed by atoms with Gasteiger partial charge in [-0.3, -0.25) is 10.1 Å². The predicted molar refractivity (Wildman–Crippen MR) is 83.9 cm³/mol. The molecule has 8 heteroatoms. The number of nitrogens with one attached hydrogen (secondary N) is 1. The molecule has 0 saturated carbocycles. The highest BCUT2D eigenvalue weighted by Crippen LogP contribution is 2.23. The maximum atomic E-state index is 11.6. The lowest BCUT2D eigenvalue weighted by atomic mass is 10.2. The summed E-state index contributed by atoms with van der Waals surface area (Å²) in [4.78, 5) is 22.9. The second-order valence-electron chi connectivity index (χ2n) is 3.98. The molecule has 0 spiro atoms. The smallest absolute Gasteiger partial charge is 0.331 e. The first-order valence-electron chi connectivity index (χ1n) is 6.17. The van der Waals surface area contributed by atoms with Gasteiger partial charge in [-0.25, -0.2) is 4.79 Å². The third-order valence-electron chi connectivity index (χ3n) is 2.59. The lowest BCUT2D eigenvalue weighted by molar-refractivity contribution is -0.135. The average molecular weight is 319 g/mol. The van der Waals surface area contributed by atoms with E-state index in [4.69, 9.17) is 4.74 Å². The van der Waals surface area contributed by atoms with E-state index < -0.39 is 11.9 Å². The van der Waals surface area contributed by atoms with Crippen molar-refractivity contribution in [2.45, 2.75) is 0 Å². The van der Waals surface area contributed by atoms with E-state index in [0.29, 0.717) is 5.75 Å². The quantitative estimate of drug-likeness (QED) is 0.391. The van der Waals surface area contributed by atoms with Crippen LogP contribution in [0.4, 0.5) is 0 Å². The number of hydrogen-bond donors (Lipinski definition) is 1. The number of para-hydroxylation sites is 1. The minimum absolute atomic E-state index is 0.207. The van der Waals surface area contributed by atoms with Gasteiger partial charge in [0.25, 0.3) is 5.91 Å². The molecular weight excluding hydrogens is 306 g/mol. The summed E-state index contributed by atoms with van der Waals surface area (Å²) in [6.45, 7) is 0. The van der Waals surface area contributed by atoms with E-state index in [2.05, 4.69) is 20.3 Å². The summed E-state index contributed by atoms with van der Waals surface area (Å²) in [6.07, 6.45) is 2.62. The summed E-state index contributed by atoms with van der Waals surface area (Å²) in [5, 5.41) is 10.6. The van der Waals surface area contributed by atoms with Crippen molar-refractivity contribution in [3.05, 3.63) is 40.8 Å². The van der Waals surface area contributed by atoms with Crippen molar-refractivity contribution in [1.29, 1.82) is 0 Å². The Bertz CT molecular complexity index is 682. The van der Waals surface area contributed by atoms with Gasteiger partial charge in [0.1, 0.15) is 5.75 Å². The Balaban J connectivity index is 2.09. The molecule has 1 aliphatic rings. The molecule has 1 aliphatic heterocycles. The van der Waals surface area contributed by atoms with Crippen LogP contribution in [-0.4, -0.2) is 37.5 Å². The number of carbonyl (C=O) groups excluding carboxylic acids is 2. The topological polar surface area (TPSA) is 89.3 Å². The summed E-state index contributed by atoms with van der Waals surface area (Å²) in [6, 6.07) is 7.32. The third-order valence-corrected chi connectivity index (χ3v) is 3.49. The largest absolute Gasteiger partial charge is 0.496 e. The van der Waals surface area contributed by atoms with Crippen LogP contribution in [0.2, 0.25) is 0 Å². The molecule has 2 rings (SSSR count). The molecule has 1 N–H and O–H groups in total. The normalized spacial score (nSPS) is 18.0. The first-order chi connectivity index (χ1) is 10.6. The number of carbonyl (C=O) groups is 2. The van der Waals surface area contributed by atoms with Crippen LogP contribution in [0.15, 0.2) is 45.4 Å². The van der Waals surface area contributed by atoms with Gasteiger partial charge < -0.3 is 9.47 Å². The van der Waals surface area contributed by atoms with E-state index in [1.54, 1.807) is 13.2 Å². The maximum Gasteiger partial charge on any atom is 0.331 e. The van der Waals surface area contributed by atoms with Gasteiger partial charge in [0.2, 0.25) is 0 Å². The fraction of sp³-hybridized carbons (Fsp3) is 0.143. The van der Waals surface area contributed by atoms with Gasteiger partial charge in [0, 0.05) is 11.6 Å². The second-order valence-corrected chi connectivity index (χ2v) is 5.01. The standard InChI is InChI=1S/C14H13N3O4S/c1-20-10-6-4-3-5-9(10)8-15-17-14-16-13(19)11(22-14)7-12(18)21-2/h3-8H,1-2H3,(H,16,17,19)/b11-7?,15-8-. The van der Waals surface area contributed by atoms with Crippen LogP contribution >= 0.6 is 11.8 Å². The van der Waals surface area contributed by atoms with Gasteiger partial charge in [0.05, 0.1) is 25.3 Å². The van der Waals surface area contributed by atoms with E-state index in [-0.39, 0.29) is 10.1 Å². The molecule has 22 heavy (non-hydrogen) atoms. The molecule has 0 bridgehead atoms. The summed E-state index contributed by atoms with van der Waals surface area (Å²) in [5.41, 5.74) is 0.758. The van der Waals surface area contributed by atoms with Gasteiger partial charge in [-0.1, -0.05) is 12.1 Å². The molecule has 0 aliphatic carbocycles. The second kappa shape index (κ2) is 7.41. The van der Waals surface area contributed by atoms with E-state index >= 15 is 0 Å². The Hall–Kier alpha value is -2.61. The zero-order chi connectivity index (χ0) is 15.9. The molecule has 1 heterocycles. The highest BCUT2D eigenvalue weighted by Gasteiger charge is 2.24. The van der Waals surface area contributed by atoms with Crippen LogP contribution in [0, 0.1) is 0 Å². The highest BCUT2D eigenvalue weighted by molar-refractivity contribution is 8.18. The molecule has 1 aromatic carbocycles. The van der Waals surface area contributed by atoms with Gasteiger partial charge in [-0.05, 0) is 23.9 Å². The van der Waals surface area contributed by atoms with Crippen molar-refractivity contribution < 1.29 is 19.1 Å². The average Bonchev–Trinajstić information content (AvgIpc) is 2.87. The molecule has 0 unspecified atom stereocenters. The van der Waals surface area contributed by atoms with Crippen molar-refractivity contribution in [2.24, 2.45) is 10.2 Å². The number of rotatable bonds is 4. The van der Waals surface area contributed by atoms with Crippen LogP contribution in [0.25, 0.3) is 0 Å². The lowest BCUT2D eigenvalue weighted by Gasteiger charge is -2.01. The van der Waals surface area contributed by atoms with Crippen LogP contribution < -0.4 is 10.1 Å². The Kier molecular flexibility index (Phi) is 5.31. The molecule has 1 fully saturated rings. The first-order valence-corrected chi connectivity index (χ1v) is 6.98. The van der Waals surface area contributed by atoms with Crippen molar-refractivity contribution >= 4 is 35.0 Å². The Labute approximate surface area is 131 Å². The van der Waals surface area contributed by atoms with Crippen LogP contribution in [0.1, 0.15) is 5.56 Å². The van der Waals surface area contributed by atoms with Crippen molar-refractivity contribution in [3.63, 3.8) is 0 Å². The first kappa shape index (κ1) is 15.8. The van der Waals surface area contributed by atoms with Crippen LogP contribution in [0.3, 0.4) is 0 Å². The molecule has 1 aromatic rings.